The van der Waals surface area contributed by atoms with Crippen LogP contribution in [-0.2, 0) is 36.1 Å². The van der Waals surface area contributed by atoms with Gasteiger partial charge < -0.3 is 26.6 Å². The normalized spacial score (nSPS) is 20.4. The zero-order chi connectivity index (χ0) is 31.4. The average Bonchev–Trinajstić information content (AvgIpc) is 3.03. The molecule has 0 saturated carbocycles. The molecule has 0 amide bonds. The van der Waals surface area contributed by atoms with Crippen molar-refractivity contribution in [3.63, 3.8) is 0 Å². The molecule has 0 N–H and O–H groups in total. The second-order valence-corrected chi connectivity index (χ2v) is 19.8. The van der Waals surface area contributed by atoms with Crippen molar-refractivity contribution in [1.82, 2.24) is 0 Å². The molecule has 252 valence electrons. The van der Waals surface area contributed by atoms with Gasteiger partial charge in [-0.3, -0.25) is 9.59 Å². The van der Waals surface area contributed by atoms with Crippen LogP contribution < -0.4 is 0 Å². The first-order chi connectivity index (χ1) is 20.9. The summed E-state index contributed by atoms with van der Waals surface area (Å²) in [6.45, 7) is 14.1. The predicted molar refractivity (Wildman–Crippen MR) is 181 cm³/mol. The molecule has 0 radical (unpaired) electrons. The maximum absolute atomic E-state index is 13.2. The first-order valence-electron chi connectivity index (χ1n) is 17.1. The molecule has 43 heavy (non-hydrogen) atoms. The van der Waals surface area contributed by atoms with Crippen molar-refractivity contribution in [3.8, 4) is 0 Å². The van der Waals surface area contributed by atoms with Crippen LogP contribution >= 0.6 is 23.5 Å². The molecule has 3 unspecified atom stereocenters. The lowest BCUT2D eigenvalue weighted by atomic mass is 10.0. The van der Waals surface area contributed by atoms with E-state index in [9.17, 15) is 9.59 Å². The first-order valence-corrected chi connectivity index (χ1v) is 22.7. The third kappa shape index (κ3) is 13.9. The molecule has 8 nitrogen and oxygen atoms in total. The van der Waals surface area contributed by atoms with E-state index < -0.39 is 17.6 Å². The topological polar surface area (TPSA) is 89.5 Å². The minimum atomic E-state index is -3.03. The van der Waals surface area contributed by atoms with Gasteiger partial charge in [-0.2, -0.15) is 0 Å². The smallest absolute Gasteiger partial charge is 0.373 e. The van der Waals surface area contributed by atoms with E-state index in [1.165, 1.54) is 23.5 Å². The molecule has 2 saturated heterocycles. The van der Waals surface area contributed by atoms with Crippen molar-refractivity contribution in [2.45, 2.75) is 129 Å². The predicted octanol–water partition coefficient (Wildman–Crippen LogP) is 7.82. The SMILES string of the molecule is CCCCC(CC)C(=O)SCCC[Si]1(OCCCO[Si]2(C(CC)SC(=O)C(CC)CCCC)OCCCO2)OCCCO1. The third-order valence-electron chi connectivity index (χ3n) is 8.10. The Morgan fingerprint density at radius 2 is 1.26 bits per heavy atom. The molecule has 3 atom stereocenters. The Kier molecular flexibility index (Phi) is 20.8. The third-order valence-corrected chi connectivity index (χ3v) is 17.5. The second-order valence-electron chi connectivity index (χ2n) is 11.5. The van der Waals surface area contributed by atoms with Crippen LogP contribution in [-0.4, -0.2) is 78.1 Å². The van der Waals surface area contributed by atoms with E-state index >= 15 is 0 Å². The molecule has 0 bridgehead atoms. The summed E-state index contributed by atoms with van der Waals surface area (Å²) in [6, 6.07) is 0.720. The van der Waals surface area contributed by atoms with Gasteiger partial charge in [-0.25, -0.2) is 0 Å². The van der Waals surface area contributed by atoms with Crippen LogP contribution in [0.4, 0.5) is 0 Å². The number of hydrogen-bond acceptors (Lipinski definition) is 10. The monoisotopic (exact) mass is 680 g/mol. The Labute approximate surface area is 272 Å². The minimum absolute atomic E-state index is 0.0735. The van der Waals surface area contributed by atoms with Gasteiger partial charge in [0, 0.05) is 63.3 Å². The quantitative estimate of drug-likeness (QED) is 0.0786. The van der Waals surface area contributed by atoms with Crippen LogP contribution in [0, 0.1) is 11.8 Å². The van der Waals surface area contributed by atoms with Crippen LogP contribution in [0.5, 0.6) is 0 Å². The van der Waals surface area contributed by atoms with Crippen molar-refractivity contribution in [2.24, 2.45) is 11.8 Å². The van der Waals surface area contributed by atoms with Gasteiger partial charge >= 0.3 is 17.6 Å². The first kappa shape index (κ1) is 39.4. The molecule has 2 heterocycles. The van der Waals surface area contributed by atoms with Crippen molar-refractivity contribution in [1.29, 1.82) is 0 Å². The highest BCUT2D eigenvalue weighted by molar-refractivity contribution is 8.15. The average molecular weight is 681 g/mol. The summed E-state index contributed by atoms with van der Waals surface area (Å²) in [5.41, 5.74) is 0. The van der Waals surface area contributed by atoms with Crippen LogP contribution in [0.25, 0.3) is 0 Å². The maximum atomic E-state index is 13.2. The second kappa shape index (κ2) is 22.7. The van der Waals surface area contributed by atoms with E-state index in [0.29, 0.717) is 51.2 Å². The fourth-order valence-corrected chi connectivity index (χ4v) is 14.3. The standard InChI is InChI=1S/C31H60O8S2Si2/c1-6-11-17-27(8-3)30(32)40-25-16-26-42(34-19-13-20-35-42)36-21-14-22-37-43(38-23-15-24-39-43)29(10-5)41-31(33)28(9-4)18-12-7-2/h27-29H,6-26H2,1-5H3. The van der Waals surface area contributed by atoms with Gasteiger partial charge in [0.15, 0.2) is 10.2 Å². The highest BCUT2D eigenvalue weighted by Crippen LogP contribution is 2.34. The zero-order valence-electron chi connectivity index (χ0n) is 27.7. The molecule has 0 spiro atoms. The Hall–Kier alpha value is 0.234. The molecule has 0 aromatic rings. The number of thioether (sulfide) groups is 2. The summed E-state index contributed by atoms with van der Waals surface area (Å²) < 4.78 is 37.7. The molecule has 2 fully saturated rings. The molecule has 0 aromatic carbocycles. The Bertz CT molecular complexity index is 766. The lowest BCUT2D eigenvalue weighted by Gasteiger charge is -2.38. The van der Waals surface area contributed by atoms with Gasteiger partial charge in [-0.15, -0.1) is 0 Å². The summed E-state index contributed by atoms with van der Waals surface area (Å²) >= 11 is 2.85. The summed E-state index contributed by atoms with van der Waals surface area (Å²) in [6.07, 6.45) is 12.1. The van der Waals surface area contributed by atoms with Crippen molar-refractivity contribution in [2.75, 3.05) is 45.4 Å². The van der Waals surface area contributed by atoms with E-state index in [0.717, 1.165) is 88.8 Å². The van der Waals surface area contributed by atoms with Crippen LogP contribution in [0.3, 0.4) is 0 Å². The zero-order valence-corrected chi connectivity index (χ0v) is 31.3. The van der Waals surface area contributed by atoms with Gasteiger partial charge in [0.1, 0.15) is 0 Å². The Balaban J connectivity index is 1.86. The molecular formula is C31H60O8S2Si2. The summed E-state index contributed by atoms with van der Waals surface area (Å²) in [4.78, 5) is 25.8. The van der Waals surface area contributed by atoms with Crippen molar-refractivity contribution in [3.05, 3.63) is 0 Å². The van der Waals surface area contributed by atoms with Crippen LogP contribution in [0.2, 0.25) is 6.04 Å². The molecular weight excluding hydrogens is 621 g/mol. The van der Waals surface area contributed by atoms with Gasteiger partial charge in [0.2, 0.25) is 0 Å². The van der Waals surface area contributed by atoms with Gasteiger partial charge in [-0.1, -0.05) is 83.8 Å². The van der Waals surface area contributed by atoms with E-state index in [-0.39, 0.29) is 21.8 Å². The Morgan fingerprint density at radius 1 is 0.698 bits per heavy atom. The fraction of sp³-hybridized carbons (Fsp3) is 0.935. The van der Waals surface area contributed by atoms with Crippen molar-refractivity contribution >= 4 is 51.4 Å². The van der Waals surface area contributed by atoms with Crippen LogP contribution in [0.15, 0.2) is 0 Å². The molecule has 0 aromatic heterocycles. The maximum Gasteiger partial charge on any atom is 0.515 e. The summed E-state index contributed by atoms with van der Waals surface area (Å²) in [5, 5.41) is 0.557. The van der Waals surface area contributed by atoms with E-state index in [2.05, 4.69) is 34.6 Å². The van der Waals surface area contributed by atoms with Gasteiger partial charge in [0.05, 0.1) is 4.87 Å². The number of carbonyl (C=O) groups is 2. The van der Waals surface area contributed by atoms with Gasteiger partial charge in [0.25, 0.3) is 0 Å². The summed E-state index contributed by atoms with van der Waals surface area (Å²) in [5.74, 6) is 1.01. The van der Waals surface area contributed by atoms with Crippen molar-refractivity contribution < 1.29 is 36.1 Å². The number of hydrogen-bond donors (Lipinski definition) is 0. The molecule has 2 rings (SSSR count). The minimum Gasteiger partial charge on any atom is -0.373 e. The molecule has 0 aliphatic carbocycles. The number of unbranched alkanes of at least 4 members (excludes halogenated alkanes) is 2. The lowest BCUT2D eigenvalue weighted by molar-refractivity contribution is -0.115. The molecule has 2 aliphatic rings. The molecule has 12 heteroatoms. The highest BCUT2D eigenvalue weighted by atomic mass is 32.2. The summed E-state index contributed by atoms with van der Waals surface area (Å²) in [7, 11) is -5.81. The van der Waals surface area contributed by atoms with E-state index in [4.69, 9.17) is 26.6 Å². The van der Waals surface area contributed by atoms with Gasteiger partial charge in [-0.05, 0) is 57.8 Å². The fourth-order valence-electron chi connectivity index (χ4n) is 5.35. The Morgan fingerprint density at radius 3 is 1.81 bits per heavy atom. The van der Waals surface area contributed by atoms with E-state index in [1.54, 1.807) is 0 Å². The number of rotatable bonds is 23. The molecule has 2 aliphatic heterocycles. The van der Waals surface area contributed by atoms with E-state index in [1.807, 2.05) is 0 Å². The highest BCUT2D eigenvalue weighted by Gasteiger charge is 2.52. The lowest BCUT2D eigenvalue weighted by Crippen LogP contribution is -2.58. The largest absolute Gasteiger partial charge is 0.515 e. The van der Waals surface area contributed by atoms with Crippen LogP contribution in [0.1, 0.15) is 118 Å². The number of carbonyl (C=O) groups excluding carboxylic acids is 2.